The number of carbonyl (C=O) groups excluding carboxylic acids is 1. The molecule has 7 heteroatoms. The monoisotopic (exact) mass is 297 g/mol. The minimum atomic E-state index is -1.00. The first-order valence-electron chi connectivity index (χ1n) is 7.03. The summed E-state index contributed by atoms with van der Waals surface area (Å²) in [5, 5.41) is 22.5. The van der Waals surface area contributed by atoms with E-state index in [1.165, 1.54) is 6.20 Å². The Hall–Kier alpha value is -2.07. The maximum absolute atomic E-state index is 11.5. The Morgan fingerprint density at radius 2 is 2.00 bits per heavy atom. The molecule has 0 aliphatic rings. The Kier molecular flexibility index (Phi) is 11.7. The number of nitrogens with one attached hydrogen (secondary N) is 2. The number of aliphatic carboxylic acids is 1. The number of carboxylic acids is 1. The molecule has 3 N–H and O–H groups in total. The fraction of sp³-hybridized carbons (Fsp3) is 0.643. The first-order valence-corrected chi connectivity index (χ1v) is 7.03. The standard InChI is InChI=1S/C14H23N3O4/c1-2-3-8-21-9-4-6-16-11-12(10-15)14(20)17-7-5-13(18)19/h11,16H,2-9H2,1H3,(H,17,20)(H,18,19)/b12-11-. The number of hydrogen-bond donors (Lipinski definition) is 3. The highest BCUT2D eigenvalue weighted by molar-refractivity contribution is 5.97. The van der Waals surface area contributed by atoms with Crippen LogP contribution < -0.4 is 10.6 Å². The van der Waals surface area contributed by atoms with Gasteiger partial charge in [-0.25, -0.2) is 0 Å². The quantitative estimate of drug-likeness (QED) is 0.279. The Labute approximate surface area is 125 Å². The van der Waals surface area contributed by atoms with Crippen LogP contribution in [-0.4, -0.2) is 43.3 Å². The molecule has 0 aliphatic carbocycles. The van der Waals surface area contributed by atoms with Gasteiger partial charge in [-0.1, -0.05) is 13.3 Å². The lowest BCUT2D eigenvalue weighted by atomic mass is 10.3. The van der Waals surface area contributed by atoms with Crippen LogP contribution in [0.4, 0.5) is 0 Å². The number of carbonyl (C=O) groups is 2. The molecular weight excluding hydrogens is 274 g/mol. The molecule has 7 nitrogen and oxygen atoms in total. The van der Waals surface area contributed by atoms with Crippen LogP contribution in [0.3, 0.4) is 0 Å². The summed E-state index contributed by atoms with van der Waals surface area (Å²) in [7, 11) is 0. The molecule has 0 bridgehead atoms. The van der Waals surface area contributed by atoms with E-state index in [-0.39, 0.29) is 18.5 Å². The molecule has 0 aromatic rings. The summed E-state index contributed by atoms with van der Waals surface area (Å²) in [5.41, 5.74) is -0.0766. The second kappa shape index (κ2) is 12.9. The first-order chi connectivity index (χ1) is 10.1. The lowest BCUT2D eigenvalue weighted by molar-refractivity contribution is -0.136. The normalized spacial score (nSPS) is 10.8. The highest BCUT2D eigenvalue weighted by Crippen LogP contribution is 1.92. The van der Waals surface area contributed by atoms with Crippen LogP contribution in [0, 0.1) is 11.3 Å². The highest BCUT2D eigenvalue weighted by atomic mass is 16.5. The van der Waals surface area contributed by atoms with Gasteiger partial charge in [-0.05, 0) is 12.8 Å². The molecule has 0 aromatic carbocycles. The third-order valence-corrected chi connectivity index (χ3v) is 2.49. The number of rotatable bonds is 12. The summed E-state index contributed by atoms with van der Waals surface area (Å²) < 4.78 is 5.37. The minimum absolute atomic E-state index is 0.00153. The predicted molar refractivity (Wildman–Crippen MR) is 77.3 cm³/mol. The van der Waals surface area contributed by atoms with Crippen LogP contribution in [0.25, 0.3) is 0 Å². The molecule has 0 unspecified atom stereocenters. The third kappa shape index (κ3) is 11.5. The Morgan fingerprint density at radius 3 is 2.62 bits per heavy atom. The van der Waals surface area contributed by atoms with Crippen LogP contribution >= 0.6 is 0 Å². The smallest absolute Gasteiger partial charge is 0.305 e. The number of nitrogens with zero attached hydrogens (tertiary/aromatic N) is 1. The summed E-state index contributed by atoms with van der Waals surface area (Å²) >= 11 is 0. The van der Waals surface area contributed by atoms with Crippen molar-refractivity contribution in [2.45, 2.75) is 32.6 Å². The van der Waals surface area contributed by atoms with E-state index in [9.17, 15) is 9.59 Å². The second-order valence-corrected chi connectivity index (χ2v) is 4.34. The zero-order valence-corrected chi connectivity index (χ0v) is 12.4. The van der Waals surface area contributed by atoms with Crippen molar-refractivity contribution < 1.29 is 19.4 Å². The molecule has 1 amide bonds. The fourth-order valence-electron chi connectivity index (χ4n) is 1.33. The van der Waals surface area contributed by atoms with Crippen molar-refractivity contribution in [3.8, 4) is 6.07 Å². The van der Waals surface area contributed by atoms with Crippen molar-refractivity contribution in [2.75, 3.05) is 26.3 Å². The van der Waals surface area contributed by atoms with E-state index >= 15 is 0 Å². The van der Waals surface area contributed by atoms with Gasteiger partial charge in [0.15, 0.2) is 0 Å². The van der Waals surface area contributed by atoms with Gasteiger partial charge in [0.05, 0.1) is 6.42 Å². The molecule has 21 heavy (non-hydrogen) atoms. The summed E-state index contributed by atoms with van der Waals surface area (Å²) in [6.45, 7) is 4.08. The van der Waals surface area contributed by atoms with Gasteiger partial charge in [-0.2, -0.15) is 5.26 Å². The largest absolute Gasteiger partial charge is 0.481 e. The van der Waals surface area contributed by atoms with Crippen molar-refractivity contribution in [3.63, 3.8) is 0 Å². The van der Waals surface area contributed by atoms with E-state index in [0.717, 1.165) is 25.9 Å². The van der Waals surface area contributed by atoms with Crippen LogP contribution in [0.2, 0.25) is 0 Å². The van der Waals surface area contributed by atoms with Crippen LogP contribution in [0.5, 0.6) is 0 Å². The summed E-state index contributed by atoms with van der Waals surface area (Å²) in [6, 6.07) is 1.77. The van der Waals surface area contributed by atoms with Crippen molar-refractivity contribution in [2.24, 2.45) is 0 Å². The summed E-state index contributed by atoms with van der Waals surface area (Å²) in [4.78, 5) is 21.8. The van der Waals surface area contributed by atoms with Gasteiger partial charge in [-0.3, -0.25) is 9.59 Å². The summed E-state index contributed by atoms with van der Waals surface area (Å²) in [5.74, 6) is -1.58. The van der Waals surface area contributed by atoms with Crippen molar-refractivity contribution in [1.29, 1.82) is 5.26 Å². The summed E-state index contributed by atoms with van der Waals surface area (Å²) in [6.07, 6.45) is 4.08. The predicted octanol–water partition coefficient (Wildman–Crippen LogP) is 0.781. The Bertz CT molecular complexity index is 388. The SMILES string of the molecule is CCCCOCCCN/C=C(/C#N)C(=O)NCCC(=O)O. The highest BCUT2D eigenvalue weighted by Gasteiger charge is 2.08. The van der Waals surface area contributed by atoms with Gasteiger partial charge in [-0.15, -0.1) is 0 Å². The number of amides is 1. The van der Waals surface area contributed by atoms with E-state index in [1.54, 1.807) is 6.07 Å². The number of carboxylic acid groups (broad SMARTS) is 1. The average molecular weight is 297 g/mol. The second-order valence-electron chi connectivity index (χ2n) is 4.34. The number of ether oxygens (including phenoxy) is 1. The molecule has 0 radical (unpaired) electrons. The van der Waals surface area contributed by atoms with E-state index in [1.807, 2.05) is 0 Å². The molecule has 0 aliphatic heterocycles. The third-order valence-electron chi connectivity index (χ3n) is 2.49. The topological polar surface area (TPSA) is 111 Å². The number of unbranched alkanes of at least 4 members (excludes halogenated alkanes) is 1. The first kappa shape index (κ1) is 18.9. The van der Waals surface area contributed by atoms with Gasteiger partial charge >= 0.3 is 5.97 Å². The van der Waals surface area contributed by atoms with E-state index < -0.39 is 11.9 Å². The maximum atomic E-state index is 11.5. The Morgan fingerprint density at radius 1 is 1.29 bits per heavy atom. The lowest BCUT2D eigenvalue weighted by Crippen LogP contribution is -2.28. The van der Waals surface area contributed by atoms with Crippen molar-refractivity contribution in [3.05, 3.63) is 11.8 Å². The fourth-order valence-corrected chi connectivity index (χ4v) is 1.33. The van der Waals surface area contributed by atoms with Crippen LogP contribution in [0.15, 0.2) is 11.8 Å². The van der Waals surface area contributed by atoms with Gasteiger partial charge in [0.25, 0.3) is 5.91 Å². The maximum Gasteiger partial charge on any atom is 0.305 e. The lowest BCUT2D eigenvalue weighted by Gasteiger charge is -2.05. The average Bonchev–Trinajstić information content (AvgIpc) is 2.45. The molecule has 0 spiro atoms. The molecule has 0 atom stereocenters. The zero-order valence-electron chi connectivity index (χ0n) is 12.4. The molecule has 118 valence electrons. The molecule has 0 saturated carbocycles. The van der Waals surface area contributed by atoms with Crippen LogP contribution in [0.1, 0.15) is 32.6 Å². The van der Waals surface area contributed by atoms with Gasteiger partial charge in [0.1, 0.15) is 11.6 Å². The van der Waals surface area contributed by atoms with Gasteiger partial charge in [0.2, 0.25) is 0 Å². The van der Waals surface area contributed by atoms with Gasteiger partial charge < -0.3 is 20.5 Å². The van der Waals surface area contributed by atoms with E-state index in [2.05, 4.69) is 17.6 Å². The molecular formula is C14H23N3O4. The molecule has 0 saturated heterocycles. The molecule has 0 heterocycles. The minimum Gasteiger partial charge on any atom is -0.481 e. The molecule has 0 fully saturated rings. The molecule has 0 aromatic heterocycles. The number of nitriles is 1. The van der Waals surface area contributed by atoms with E-state index in [4.69, 9.17) is 15.1 Å². The Balaban J connectivity index is 3.82. The van der Waals surface area contributed by atoms with Gasteiger partial charge in [0, 0.05) is 32.5 Å². The van der Waals surface area contributed by atoms with E-state index in [0.29, 0.717) is 13.2 Å². The van der Waals surface area contributed by atoms with Crippen molar-refractivity contribution >= 4 is 11.9 Å². The van der Waals surface area contributed by atoms with Crippen molar-refractivity contribution in [1.82, 2.24) is 10.6 Å². The van der Waals surface area contributed by atoms with Crippen LogP contribution in [-0.2, 0) is 14.3 Å². The molecule has 0 rings (SSSR count). The zero-order chi connectivity index (χ0) is 15.9. The number of hydrogen-bond acceptors (Lipinski definition) is 5.